The highest BCUT2D eigenvalue weighted by atomic mass is 35.5. The number of benzene rings is 1. The molecule has 4 nitrogen and oxygen atoms in total. The third-order valence-corrected chi connectivity index (χ3v) is 2.97. The van der Waals surface area contributed by atoms with E-state index in [0.29, 0.717) is 22.7 Å². The lowest BCUT2D eigenvalue weighted by Gasteiger charge is -2.14. The maximum Gasteiger partial charge on any atom is 0.308 e. The van der Waals surface area contributed by atoms with Gasteiger partial charge in [-0.3, -0.25) is 4.79 Å². The zero-order valence-electron chi connectivity index (χ0n) is 10.1. The quantitative estimate of drug-likeness (QED) is 0.830. The molecule has 1 unspecified atom stereocenters. The van der Waals surface area contributed by atoms with Crippen LogP contribution in [0.15, 0.2) is 18.2 Å². The molecule has 0 saturated carbocycles. The summed E-state index contributed by atoms with van der Waals surface area (Å²) in [6.45, 7) is 2.23. The predicted octanol–water partition coefficient (Wildman–Crippen LogP) is 3.12. The molecule has 2 N–H and O–H groups in total. The van der Waals surface area contributed by atoms with Crippen molar-refractivity contribution in [3.05, 3.63) is 28.8 Å². The average Bonchev–Trinajstić information content (AvgIpc) is 2.34. The summed E-state index contributed by atoms with van der Waals surface area (Å²) in [5.41, 5.74) is 0.923. The Kier molecular flexibility index (Phi) is 5.47. The normalized spacial score (nSPS) is 11.6. The Bertz CT molecular complexity index is 469. The van der Waals surface area contributed by atoms with E-state index >= 15 is 0 Å². The molecule has 0 aliphatic heterocycles. The Morgan fingerprint density at radius 1 is 1.61 bits per heavy atom. The summed E-state index contributed by atoms with van der Waals surface area (Å²) >= 11 is 5.89. The number of anilines is 1. The summed E-state index contributed by atoms with van der Waals surface area (Å²) in [5.74, 6) is -1.29. The molecule has 18 heavy (non-hydrogen) atoms. The third-order valence-electron chi connectivity index (χ3n) is 2.65. The first-order valence-corrected chi connectivity index (χ1v) is 6.13. The highest BCUT2D eigenvalue weighted by Crippen LogP contribution is 2.23. The van der Waals surface area contributed by atoms with Crippen LogP contribution in [0.1, 0.15) is 25.3 Å². The van der Waals surface area contributed by atoms with Gasteiger partial charge in [-0.15, -0.1) is 0 Å². The van der Waals surface area contributed by atoms with E-state index < -0.39 is 11.9 Å². The minimum atomic E-state index is -0.829. The average molecular weight is 267 g/mol. The molecule has 1 aromatic rings. The molecule has 0 bridgehead atoms. The number of carboxylic acid groups (broad SMARTS) is 1. The van der Waals surface area contributed by atoms with Gasteiger partial charge in [0.05, 0.1) is 22.2 Å². The van der Waals surface area contributed by atoms with Gasteiger partial charge < -0.3 is 10.4 Å². The van der Waals surface area contributed by atoms with E-state index in [0.717, 1.165) is 6.42 Å². The first kappa shape index (κ1) is 14.3. The number of carbonyl (C=O) groups is 1. The minimum absolute atomic E-state index is 0.290. The lowest BCUT2D eigenvalue weighted by molar-refractivity contribution is -0.141. The van der Waals surface area contributed by atoms with Gasteiger partial charge in [-0.2, -0.15) is 5.26 Å². The van der Waals surface area contributed by atoms with Gasteiger partial charge in [-0.1, -0.05) is 31.0 Å². The monoisotopic (exact) mass is 266 g/mol. The maximum absolute atomic E-state index is 11.0. The number of nitrogens with one attached hydrogen (secondary N) is 1. The molecule has 5 heteroatoms. The van der Waals surface area contributed by atoms with E-state index in [1.807, 2.05) is 13.0 Å². The Labute approximate surface area is 111 Å². The highest BCUT2D eigenvalue weighted by molar-refractivity contribution is 6.32. The van der Waals surface area contributed by atoms with Crippen LogP contribution in [0, 0.1) is 17.2 Å². The SMILES string of the molecule is CCCC(CNc1cccc(Cl)c1C#N)C(=O)O. The van der Waals surface area contributed by atoms with Crippen molar-refractivity contribution < 1.29 is 9.90 Å². The topological polar surface area (TPSA) is 73.1 Å². The molecule has 96 valence electrons. The van der Waals surface area contributed by atoms with Crippen molar-refractivity contribution in [2.24, 2.45) is 5.92 Å². The van der Waals surface area contributed by atoms with E-state index in [9.17, 15) is 4.79 Å². The first-order valence-electron chi connectivity index (χ1n) is 5.75. The maximum atomic E-state index is 11.0. The molecular weight excluding hydrogens is 252 g/mol. The molecule has 0 radical (unpaired) electrons. The number of hydrogen-bond donors (Lipinski definition) is 2. The van der Waals surface area contributed by atoms with Crippen molar-refractivity contribution in [3.63, 3.8) is 0 Å². The van der Waals surface area contributed by atoms with E-state index in [4.69, 9.17) is 22.0 Å². The summed E-state index contributed by atoms with van der Waals surface area (Å²) in [7, 11) is 0. The van der Waals surface area contributed by atoms with Crippen molar-refractivity contribution in [3.8, 4) is 6.07 Å². The Morgan fingerprint density at radius 2 is 2.33 bits per heavy atom. The molecule has 0 aliphatic carbocycles. The standard InChI is InChI=1S/C13H15ClN2O2/c1-2-4-9(13(17)18)8-16-12-6-3-5-11(14)10(12)7-15/h3,5-6,9,16H,2,4,8H2,1H3,(H,17,18). The number of aliphatic carboxylic acids is 1. The van der Waals surface area contributed by atoms with Crippen LogP contribution >= 0.6 is 11.6 Å². The molecule has 0 amide bonds. The molecule has 0 heterocycles. The summed E-state index contributed by atoms with van der Waals surface area (Å²) in [5, 5.41) is 21.4. The van der Waals surface area contributed by atoms with Crippen LogP contribution in [0.2, 0.25) is 5.02 Å². The molecule has 0 spiro atoms. The summed E-state index contributed by atoms with van der Waals surface area (Å²) in [4.78, 5) is 11.0. The fourth-order valence-electron chi connectivity index (χ4n) is 1.68. The molecule has 1 atom stereocenters. The van der Waals surface area contributed by atoms with Crippen molar-refractivity contribution in [2.45, 2.75) is 19.8 Å². The zero-order valence-corrected chi connectivity index (χ0v) is 10.9. The number of nitriles is 1. The van der Waals surface area contributed by atoms with Gasteiger partial charge in [0, 0.05) is 6.54 Å². The lowest BCUT2D eigenvalue weighted by Crippen LogP contribution is -2.23. The molecular formula is C13H15ClN2O2. The number of hydrogen-bond acceptors (Lipinski definition) is 3. The second-order valence-corrected chi connectivity index (χ2v) is 4.39. The smallest absolute Gasteiger partial charge is 0.308 e. The Morgan fingerprint density at radius 3 is 2.89 bits per heavy atom. The molecule has 0 fully saturated rings. The molecule has 1 rings (SSSR count). The Balaban J connectivity index is 2.77. The third kappa shape index (κ3) is 3.64. The van der Waals surface area contributed by atoms with Crippen molar-refractivity contribution in [1.82, 2.24) is 0 Å². The number of nitrogens with zero attached hydrogens (tertiary/aromatic N) is 1. The van der Waals surface area contributed by atoms with E-state index in [1.165, 1.54) is 0 Å². The van der Waals surface area contributed by atoms with Gasteiger partial charge in [0.1, 0.15) is 6.07 Å². The van der Waals surface area contributed by atoms with E-state index in [-0.39, 0.29) is 6.54 Å². The van der Waals surface area contributed by atoms with Gasteiger partial charge in [0.15, 0.2) is 0 Å². The van der Waals surface area contributed by atoms with Gasteiger partial charge >= 0.3 is 5.97 Å². The van der Waals surface area contributed by atoms with Crippen LogP contribution in [0.3, 0.4) is 0 Å². The van der Waals surface area contributed by atoms with Crippen molar-refractivity contribution >= 4 is 23.3 Å². The highest BCUT2D eigenvalue weighted by Gasteiger charge is 2.16. The number of rotatable bonds is 6. The largest absolute Gasteiger partial charge is 0.481 e. The van der Waals surface area contributed by atoms with E-state index in [2.05, 4.69) is 5.32 Å². The van der Waals surface area contributed by atoms with Crippen LogP contribution < -0.4 is 5.32 Å². The summed E-state index contributed by atoms with van der Waals surface area (Å²) in [6, 6.07) is 7.08. The summed E-state index contributed by atoms with van der Waals surface area (Å²) < 4.78 is 0. The van der Waals surface area contributed by atoms with Crippen LogP contribution in [-0.4, -0.2) is 17.6 Å². The van der Waals surface area contributed by atoms with Crippen LogP contribution in [0.5, 0.6) is 0 Å². The Hall–Kier alpha value is -1.73. The second-order valence-electron chi connectivity index (χ2n) is 3.98. The lowest BCUT2D eigenvalue weighted by atomic mass is 10.0. The second kappa shape index (κ2) is 6.87. The molecule has 0 aromatic heterocycles. The zero-order chi connectivity index (χ0) is 13.5. The predicted molar refractivity (Wildman–Crippen MR) is 70.7 cm³/mol. The van der Waals surface area contributed by atoms with E-state index in [1.54, 1.807) is 18.2 Å². The minimum Gasteiger partial charge on any atom is -0.481 e. The van der Waals surface area contributed by atoms with Crippen LogP contribution in [0.25, 0.3) is 0 Å². The summed E-state index contributed by atoms with van der Waals surface area (Å²) in [6.07, 6.45) is 1.41. The first-order chi connectivity index (χ1) is 8.60. The van der Waals surface area contributed by atoms with Crippen molar-refractivity contribution in [1.29, 1.82) is 5.26 Å². The van der Waals surface area contributed by atoms with Crippen molar-refractivity contribution in [2.75, 3.05) is 11.9 Å². The molecule has 1 aromatic carbocycles. The molecule has 0 aliphatic rings. The molecule has 0 saturated heterocycles. The van der Waals surface area contributed by atoms with Gasteiger partial charge in [-0.25, -0.2) is 0 Å². The van der Waals surface area contributed by atoms with Crippen LogP contribution in [0.4, 0.5) is 5.69 Å². The van der Waals surface area contributed by atoms with Crippen LogP contribution in [-0.2, 0) is 4.79 Å². The van der Waals surface area contributed by atoms with Gasteiger partial charge in [0.2, 0.25) is 0 Å². The number of halogens is 1. The number of carboxylic acids is 1. The fourth-order valence-corrected chi connectivity index (χ4v) is 1.90. The van der Waals surface area contributed by atoms with Gasteiger partial charge in [0.25, 0.3) is 0 Å². The fraction of sp³-hybridized carbons (Fsp3) is 0.385. The van der Waals surface area contributed by atoms with Gasteiger partial charge in [-0.05, 0) is 18.6 Å².